The molecule has 0 saturated carbocycles. The van der Waals surface area contributed by atoms with E-state index in [0.717, 1.165) is 17.7 Å². The summed E-state index contributed by atoms with van der Waals surface area (Å²) in [6.07, 6.45) is -3.12. The normalized spacial score (nSPS) is 12.5. The van der Waals surface area contributed by atoms with Crippen molar-refractivity contribution in [3.63, 3.8) is 0 Å². The molecule has 0 aliphatic heterocycles. The number of alkyl halides is 3. The van der Waals surface area contributed by atoms with E-state index in [2.05, 4.69) is 10.4 Å². The van der Waals surface area contributed by atoms with E-state index < -0.39 is 17.6 Å². The van der Waals surface area contributed by atoms with Crippen LogP contribution in [0.3, 0.4) is 0 Å². The van der Waals surface area contributed by atoms with E-state index in [-0.39, 0.29) is 29.7 Å². The lowest BCUT2D eigenvalue weighted by molar-refractivity contribution is -0.137. The Morgan fingerprint density at radius 3 is 2.48 bits per heavy atom. The molecule has 10 heteroatoms. The molecule has 3 aromatic rings. The van der Waals surface area contributed by atoms with Gasteiger partial charge >= 0.3 is 6.18 Å². The molecule has 0 fully saturated rings. The van der Waals surface area contributed by atoms with Crippen LogP contribution in [-0.4, -0.2) is 55.4 Å². The summed E-state index contributed by atoms with van der Waals surface area (Å²) < 4.78 is 50.9. The van der Waals surface area contributed by atoms with Gasteiger partial charge in [0.2, 0.25) is 0 Å². The summed E-state index contributed by atoms with van der Waals surface area (Å²) in [5.74, 6) is 0.340. The van der Waals surface area contributed by atoms with E-state index in [9.17, 15) is 18.0 Å². The number of nitrogens with zero attached hydrogens (tertiary/aromatic N) is 3. The number of carbonyl (C=O) groups is 1. The highest BCUT2D eigenvalue weighted by Gasteiger charge is 2.31. The zero-order chi connectivity index (χ0) is 24.2. The van der Waals surface area contributed by atoms with E-state index in [4.69, 9.17) is 9.47 Å². The Kier molecular flexibility index (Phi) is 7.27. The zero-order valence-electron chi connectivity index (χ0n) is 18.7. The van der Waals surface area contributed by atoms with Crippen molar-refractivity contribution in [1.82, 2.24) is 20.0 Å². The molecular weight excluding hydrogens is 437 g/mol. The fourth-order valence-electron chi connectivity index (χ4n) is 3.34. The molecule has 2 aromatic carbocycles. The van der Waals surface area contributed by atoms with Gasteiger partial charge in [-0.25, -0.2) is 4.68 Å². The Morgan fingerprint density at radius 1 is 1.12 bits per heavy atom. The first-order chi connectivity index (χ1) is 15.6. The summed E-state index contributed by atoms with van der Waals surface area (Å²) in [5.41, 5.74) is 0.261. The first-order valence-electron chi connectivity index (χ1n) is 10.0. The molecule has 0 aliphatic rings. The van der Waals surface area contributed by atoms with Gasteiger partial charge in [-0.05, 0) is 50.0 Å². The molecule has 1 unspecified atom stereocenters. The Bertz CT molecular complexity index is 1110. The summed E-state index contributed by atoms with van der Waals surface area (Å²) in [6.45, 7) is 0.262. The van der Waals surface area contributed by atoms with Gasteiger partial charge in [0.1, 0.15) is 5.75 Å². The van der Waals surface area contributed by atoms with E-state index in [1.165, 1.54) is 30.1 Å². The Labute approximate surface area is 189 Å². The SMILES string of the molecule is COc1cccc(C(CNC(=O)c2nn(-c3cccc(C(F)(F)F)c3)cc2OC)N(C)C)c1. The summed E-state index contributed by atoms with van der Waals surface area (Å²) in [4.78, 5) is 14.8. The smallest absolute Gasteiger partial charge is 0.416 e. The number of hydrogen-bond acceptors (Lipinski definition) is 5. The number of carbonyl (C=O) groups excluding carboxylic acids is 1. The maximum absolute atomic E-state index is 13.1. The highest BCUT2D eigenvalue weighted by atomic mass is 19.4. The lowest BCUT2D eigenvalue weighted by Crippen LogP contribution is -2.35. The molecular formula is C23H25F3N4O3. The van der Waals surface area contributed by atoms with Crippen LogP contribution < -0.4 is 14.8 Å². The first kappa shape index (κ1) is 24.1. The Hall–Kier alpha value is -3.53. The van der Waals surface area contributed by atoms with Gasteiger partial charge in [0, 0.05) is 6.54 Å². The number of rotatable bonds is 8. The molecule has 1 heterocycles. The number of aromatic nitrogens is 2. The van der Waals surface area contributed by atoms with Crippen molar-refractivity contribution in [2.45, 2.75) is 12.2 Å². The summed E-state index contributed by atoms with van der Waals surface area (Å²) >= 11 is 0. The van der Waals surface area contributed by atoms with E-state index in [0.29, 0.717) is 5.75 Å². The monoisotopic (exact) mass is 462 g/mol. The van der Waals surface area contributed by atoms with Crippen LogP contribution >= 0.6 is 0 Å². The number of likely N-dealkylation sites (N-methyl/N-ethyl adjacent to an activating group) is 1. The van der Waals surface area contributed by atoms with Crippen molar-refractivity contribution in [2.75, 3.05) is 34.9 Å². The van der Waals surface area contributed by atoms with Crippen molar-refractivity contribution in [2.24, 2.45) is 0 Å². The van der Waals surface area contributed by atoms with Crippen molar-refractivity contribution < 1.29 is 27.4 Å². The lowest BCUT2D eigenvalue weighted by Gasteiger charge is -2.25. The highest BCUT2D eigenvalue weighted by Crippen LogP contribution is 2.31. The summed E-state index contributed by atoms with van der Waals surface area (Å²) in [5, 5.41) is 7.01. The maximum atomic E-state index is 13.1. The number of hydrogen-bond donors (Lipinski definition) is 1. The molecule has 0 aliphatic carbocycles. The minimum atomic E-state index is -4.49. The minimum absolute atomic E-state index is 0.0296. The second-order valence-electron chi connectivity index (χ2n) is 7.50. The Balaban J connectivity index is 1.82. The number of nitrogens with one attached hydrogen (secondary N) is 1. The van der Waals surface area contributed by atoms with Gasteiger partial charge in [-0.3, -0.25) is 4.79 Å². The summed E-state index contributed by atoms with van der Waals surface area (Å²) in [7, 11) is 6.72. The second kappa shape index (κ2) is 9.95. The van der Waals surface area contributed by atoms with Gasteiger partial charge in [0.25, 0.3) is 5.91 Å². The first-order valence-corrected chi connectivity index (χ1v) is 10.0. The average molecular weight is 462 g/mol. The molecule has 1 N–H and O–H groups in total. The zero-order valence-corrected chi connectivity index (χ0v) is 18.7. The third-order valence-electron chi connectivity index (χ3n) is 5.11. The van der Waals surface area contributed by atoms with Crippen molar-refractivity contribution in [1.29, 1.82) is 0 Å². The molecule has 3 rings (SSSR count). The molecule has 0 spiro atoms. The second-order valence-corrected chi connectivity index (χ2v) is 7.50. The number of ether oxygens (including phenoxy) is 2. The molecule has 0 radical (unpaired) electrons. The number of amides is 1. The third-order valence-corrected chi connectivity index (χ3v) is 5.11. The Morgan fingerprint density at radius 2 is 1.85 bits per heavy atom. The van der Waals surface area contributed by atoms with E-state index >= 15 is 0 Å². The topological polar surface area (TPSA) is 68.6 Å². The fraction of sp³-hybridized carbons (Fsp3) is 0.304. The molecule has 0 bridgehead atoms. The van der Waals surface area contributed by atoms with Gasteiger partial charge in [0.05, 0.1) is 37.7 Å². The van der Waals surface area contributed by atoms with Crippen LogP contribution in [0.2, 0.25) is 0 Å². The van der Waals surface area contributed by atoms with Crippen LogP contribution in [0.15, 0.2) is 54.7 Å². The van der Waals surface area contributed by atoms with Crippen LogP contribution in [0.1, 0.15) is 27.7 Å². The molecule has 33 heavy (non-hydrogen) atoms. The molecule has 1 aromatic heterocycles. The van der Waals surface area contributed by atoms with Crippen molar-refractivity contribution in [3.8, 4) is 17.2 Å². The summed E-state index contributed by atoms with van der Waals surface area (Å²) in [6, 6.07) is 12.0. The van der Waals surface area contributed by atoms with Crippen LogP contribution in [0, 0.1) is 0 Å². The van der Waals surface area contributed by atoms with Crippen LogP contribution in [0.4, 0.5) is 13.2 Å². The molecule has 1 atom stereocenters. The van der Waals surface area contributed by atoms with Crippen LogP contribution in [-0.2, 0) is 6.18 Å². The standard InChI is InChI=1S/C23H25F3N4O3/c1-29(2)19(15-7-5-10-18(11-15)32-3)13-27-22(31)21-20(33-4)14-30(28-21)17-9-6-8-16(12-17)23(24,25)26/h5-12,14,19H,13H2,1-4H3,(H,27,31). The predicted octanol–water partition coefficient (Wildman–Crippen LogP) is 3.94. The highest BCUT2D eigenvalue weighted by molar-refractivity contribution is 5.95. The van der Waals surface area contributed by atoms with Crippen LogP contribution in [0.25, 0.3) is 5.69 Å². The third kappa shape index (κ3) is 5.64. The number of methoxy groups -OCH3 is 2. The van der Waals surface area contributed by atoms with Gasteiger partial charge in [-0.15, -0.1) is 0 Å². The average Bonchev–Trinajstić information content (AvgIpc) is 3.23. The van der Waals surface area contributed by atoms with E-state index in [1.807, 2.05) is 43.3 Å². The molecule has 1 amide bonds. The number of halogens is 3. The van der Waals surface area contributed by atoms with Gasteiger partial charge in [-0.1, -0.05) is 18.2 Å². The van der Waals surface area contributed by atoms with Crippen molar-refractivity contribution >= 4 is 5.91 Å². The van der Waals surface area contributed by atoms with Crippen molar-refractivity contribution in [3.05, 3.63) is 71.5 Å². The van der Waals surface area contributed by atoms with Crippen LogP contribution in [0.5, 0.6) is 11.5 Å². The predicted molar refractivity (Wildman–Crippen MR) is 117 cm³/mol. The fourth-order valence-corrected chi connectivity index (χ4v) is 3.34. The molecule has 7 nitrogen and oxygen atoms in total. The number of benzene rings is 2. The minimum Gasteiger partial charge on any atom is -0.497 e. The van der Waals surface area contributed by atoms with Gasteiger partial charge in [-0.2, -0.15) is 18.3 Å². The maximum Gasteiger partial charge on any atom is 0.416 e. The van der Waals surface area contributed by atoms with Gasteiger partial charge in [0.15, 0.2) is 11.4 Å². The molecule has 176 valence electrons. The van der Waals surface area contributed by atoms with E-state index in [1.54, 1.807) is 7.11 Å². The lowest BCUT2D eigenvalue weighted by atomic mass is 10.1. The largest absolute Gasteiger partial charge is 0.497 e. The molecule has 0 saturated heterocycles. The quantitative estimate of drug-likeness (QED) is 0.549. The van der Waals surface area contributed by atoms with Gasteiger partial charge < -0.3 is 19.7 Å².